The Kier molecular flexibility index (Phi) is 7.10. The summed E-state index contributed by atoms with van der Waals surface area (Å²) in [7, 11) is 0. The van der Waals surface area contributed by atoms with Gasteiger partial charge in [-0.2, -0.15) is 0 Å². The van der Waals surface area contributed by atoms with Crippen molar-refractivity contribution in [1.82, 2.24) is 15.5 Å². The van der Waals surface area contributed by atoms with Crippen LogP contribution in [0.4, 0.5) is 0 Å². The summed E-state index contributed by atoms with van der Waals surface area (Å²) in [5, 5.41) is 6.54. The predicted molar refractivity (Wildman–Crippen MR) is 104 cm³/mol. The van der Waals surface area contributed by atoms with E-state index in [1.807, 2.05) is 35.2 Å². The largest absolute Gasteiger partial charge is 0.493 e. The van der Waals surface area contributed by atoms with E-state index in [0.29, 0.717) is 25.5 Å². The van der Waals surface area contributed by atoms with E-state index in [-0.39, 0.29) is 23.8 Å². The molecule has 0 aliphatic carbocycles. The number of para-hydroxylation sites is 1. The average Bonchev–Trinajstić information content (AvgIpc) is 2.70. The Morgan fingerprint density at radius 3 is 2.85 bits per heavy atom. The maximum Gasteiger partial charge on any atom is 0.226 e. The van der Waals surface area contributed by atoms with E-state index in [2.05, 4.69) is 17.6 Å². The first-order valence-electron chi connectivity index (χ1n) is 10.1. The van der Waals surface area contributed by atoms with Gasteiger partial charge in [-0.3, -0.25) is 9.59 Å². The molecule has 2 aliphatic rings. The molecule has 27 heavy (non-hydrogen) atoms. The van der Waals surface area contributed by atoms with Gasteiger partial charge in [-0.05, 0) is 43.9 Å². The molecule has 2 amide bonds. The molecule has 0 radical (unpaired) electrons. The van der Waals surface area contributed by atoms with Gasteiger partial charge in [-0.15, -0.1) is 0 Å². The molecule has 3 atom stereocenters. The van der Waals surface area contributed by atoms with Gasteiger partial charge in [0.25, 0.3) is 0 Å². The van der Waals surface area contributed by atoms with Crippen LogP contribution >= 0.6 is 0 Å². The second-order valence-electron chi connectivity index (χ2n) is 7.68. The number of amides is 2. The number of carbonyl (C=O) groups is 2. The van der Waals surface area contributed by atoms with Gasteiger partial charge in [0, 0.05) is 25.7 Å². The molecule has 0 aromatic heterocycles. The Morgan fingerprint density at radius 1 is 1.26 bits per heavy atom. The third-order valence-electron chi connectivity index (χ3n) is 5.63. The minimum atomic E-state index is -0.105. The maximum atomic E-state index is 12.7. The van der Waals surface area contributed by atoms with Crippen molar-refractivity contribution in [2.24, 2.45) is 11.8 Å². The van der Waals surface area contributed by atoms with Crippen molar-refractivity contribution in [2.45, 2.75) is 38.6 Å². The van der Waals surface area contributed by atoms with Crippen molar-refractivity contribution in [3.8, 4) is 5.75 Å². The molecular formula is C21H31N3O3. The highest BCUT2D eigenvalue weighted by Gasteiger charge is 2.31. The first kappa shape index (κ1) is 19.7. The number of carbonyl (C=O) groups excluding carboxylic acids is 2. The summed E-state index contributed by atoms with van der Waals surface area (Å²) < 4.78 is 5.62. The predicted octanol–water partition coefficient (Wildman–Crippen LogP) is 1.81. The number of hydrogen-bond acceptors (Lipinski definition) is 4. The molecule has 1 aromatic rings. The van der Waals surface area contributed by atoms with Crippen LogP contribution in [-0.2, 0) is 9.59 Å². The number of hydrogen-bond donors (Lipinski definition) is 2. The molecule has 3 unspecified atom stereocenters. The van der Waals surface area contributed by atoms with Crippen LogP contribution in [0.2, 0.25) is 0 Å². The van der Waals surface area contributed by atoms with Gasteiger partial charge in [0.05, 0.1) is 18.9 Å². The number of ether oxygens (including phenoxy) is 1. The fourth-order valence-corrected chi connectivity index (χ4v) is 3.83. The molecule has 148 valence electrons. The van der Waals surface area contributed by atoms with E-state index < -0.39 is 0 Å². The monoisotopic (exact) mass is 373 g/mol. The Balaban J connectivity index is 1.43. The highest BCUT2D eigenvalue weighted by molar-refractivity contribution is 5.81. The van der Waals surface area contributed by atoms with Crippen LogP contribution in [0.1, 0.15) is 32.6 Å². The lowest BCUT2D eigenvalue weighted by atomic mass is 9.92. The quantitative estimate of drug-likeness (QED) is 0.798. The second kappa shape index (κ2) is 9.74. The summed E-state index contributed by atoms with van der Waals surface area (Å²) in [5.41, 5.74) is 0. The zero-order chi connectivity index (χ0) is 19.1. The molecule has 6 nitrogen and oxygen atoms in total. The Bertz CT molecular complexity index is 622. The van der Waals surface area contributed by atoms with Crippen molar-refractivity contribution in [3.05, 3.63) is 30.3 Å². The van der Waals surface area contributed by atoms with Gasteiger partial charge in [0.15, 0.2) is 0 Å². The molecule has 2 N–H and O–H groups in total. The number of nitrogens with one attached hydrogen (secondary N) is 2. The van der Waals surface area contributed by atoms with Crippen molar-refractivity contribution in [3.63, 3.8) is 0 Å². The normalized spacial score (nSPS) is 25.7. The molecule has 3 rings (SSSR count). The number of nitrogens with zero attached hydrogens (tertiary/aromatic N) is 1. The fraction of sp³-hybridized carbons (Fsp3) is 0.619. The standard InChI is InChI=1S/C21H31N3O3/c1-16-9-11-22-14-19(16)23-21(26)17-6-5-12-24(15-17)20(25)10-13-27-18-7-3-2-4-8-18/h2-4,7-8,16-17,19,22H,5-6,9-15H2,1H3,(H,23,26). The summed E-state index contributed by atoms with van der Waals surface area (Å²) >= 11 is 0. The van der Waals surface area contributed by atoms with Gasteiger partial charge in [-0.25, -0.2) is 0 Å². The van der Waals surface area contributed by atoms with E-state index in [9.17, 15) is 9.59 Å². The molecular weight excluding hydrogens is 342 g/mol. The van der Waals surface area contributed by atoms with Crippen LogP contribution in [0, 0.1) is 11.8 Å². The molecule has 2 aliphatic heterocycles. The first-order chi connectivity index (χ1) is 13.1. The number of benzene rings is 1. The first-order valence-corrected chi connectivity index (χ1v) is 10.1. The minimum absolute atomic E-state index is 0.0659. The van der Waals surface area contributed by atoms with Crippen molar-refractivity contribution >= 4 is 11.8 Å². The third kappa shape index (κ3) is 5.70. The highest BCUT2D eigenvalue weighted by atomic mass is 16.5. The summed E-state index contributed by atoms with van der Waals surface area (Å²) in [4.78, 5) is 27.0. The summed E-state index contributed by atoms with van der Waals surface area (Å²) in [5.74, 6) is 1.32. The van der Waals surface area contributed by atoms with Crippen LogP contribution in [0.5, 0.6) is 5.75 Å². The Labute approximate surface area is 161 Å². The van der Waals surface area contributed by atoms with Gasteiger partial charge >= 0.3 is 0 Å². The van der Waals surface area contributed by atoms with Crippen LogP contribution in [0.25, 0.3) is 0 Å². The lowest BCUT2D eigenvalue weighted by Gasteiger charge is -2.35. The van der Waals surface area contributed by atoms with E-state index in [1.54, 1.807) is 0 Å². The molecule has 2 saturated heterocycles. The number of piperidine rings is 2. The van der Waals surface area contributed by atoms with E-state index in [0.717, 1.165) is 44.6 Å². The lowest BCUT2D eigenvalue weighted by molar-refractivity contribution is -0.136. The molecule has 0 spiro atoms. The van der Waals surface area contributed by atoms with Gasteiger partial charge in [0.2, 0.25) is 11.8 Å². The summed E-state index contributed by atoms with van der Waals surface area (Å²) in [6.45, 7) is 5.65. The smallest absolute Gasteiger partial charge is 0.226 e. The van der Waals surface area contributed by atoms with Crippen molar-refractivity contribution in [1.29, 1.82) is 0 Å². The molecule has 0 saturated carbocycles. The summed E-state index contributed by atoms with van der Waals surface area (Å²) in [6, 6.07) is 9.71. The topological polar surface area (TPSA) is 70.7 Å². The van der Waals surface area contributed by atoms with Crippen molar-refractivity contribution in [2.75, 3.05) is 32.8 Å². The van der Waals surface area contributed by atoms with Crippen LogP contribution in [0.3, 0.4) is 0 Å². The van der Waals surface area contributed by atoms with Crippen LogP contribution < -0.4 is 15.4 Å². The highest BCUT2D eigenvalue weighted by Crippen LogP contribution is 2.19. The van der Waals surface area contributed by atoms with Crippen LogP contribution in [0.15, 0.2) is 30.3 Å². The van der Waals surface area contributed by atoms with Gasteiger partial charge < -0.3 is 20.3 Å². The van der Waals surface area contributed by atoms with Gasteiger partial charge in [0.1, 0.15) is 5.75 Å². The van der Waals surface area contributed by atoms with E-state index >= 15 is 0 Å². The SMILES string of the molecule is CC1CCNCC1NC(=O)C1CCCN(C(=O)CCOc2ccccc2)C1. The Hall–Kier alpha value is -2.08. The molecule has 2 heterocycles. The molecule has 6 heteroatoms. The average molecular weight is 373 g/mol. The third-order valence-corrected chi connectivity index (χ3v) is 5.63. The zero-order valence-electron chi connectivity index (χ0n) is 16.2. The van der Waals surface area contributed by atoms with E-state index in [1.165, 1.54) is 0 Å². The fourth-order valence-electron chi connectivity index (χ4n) is 3.83. The minimum Gasteiger partial charge on any atom is -0.493 e. The zero-order valence-corrected chi connectivity index (χ0v) is 16.2. The Morgan fingerprint density at radius 2 is 2.07 bits per heavy atom. The van der Waals surface area contributed by atoms with Crippen molar-refractivity contribution < 1.29 is 14.3 Å². The molecule has 2 fully saturated rings. The maximum absolute atomic E-state index is 12.7. The molecule has 0 bridgehead atoms. The molecule has 1 aromatic carbocycles. The van der Waals surface area contributed by atoms with Gasteiger partial charge in [-0.1, -0.05) is 25.1 Å². The number of rotatable bonds is 6. The number of likely N-dealkylation sites (tertiary alicyclic amines) is 1. The lowest BCUT2D eigenvalue weighted by Crippen LogP contribution is -2.53. The second-order valence-corrected chi connectivity index (χ2v) is 7.68. The van der Waals surface area contributed by atoms with Crippen LogP contribution in [-0.4, -0.2) is 55.5 Å². The van der Waals surface area contributed by atoms with E-state index in [4.69, 9.17) is 4.74 Å². The summed E-state index contributed by atoms with van der Waals surface area (Å²) in [6.07, 6.45) is 3.15.